The van der Waals surface area contributed by atoms with E-state index in [2.05, 4.69) is 5.32 Å². The van der Waals surface area contributed by atoms with Gasteiger partial charge in [-0.25, -0.2) is 8.42 Å². The summed E-state index contributed by atoms with van der Waals surface area (Å²) in [5.74, 6) is 0.133. The Morgan fingerprint density at radius 2 is 1.76 bits per heavy atom. The first-order chi connectivity index (χ1) is 16.2. The predicted molar refractivity (Wildman–Crippen MR) is 129 cm³/mol. The number of benzene rings is 2. The van der Waals surface area contributed by atoms with Crippen molar-refractivity contribution >= 4 is 27.5 Å². The standard InChI is InChI=1S/C24H31N3O6S/c1-5-20(24(29)25-3)26(15-18-9-7-6-8-17(18)2)23(28)16-27(34(4,30)31)19-10-11-21-22(14-19)33-13-12-32-21/h6-11,14,20H,5,12-13,15-16H2,1-4H3,(H,25,29)/t20-/m1/s1. The van der Waals surface area contributed by atoms with Gasteiger partial charge >= 0.3 is 0 Å². The number of carbonyl (C=O) groups is 2. The number of hydrogen-bond donors (Lipinski definition) is 1. The first kappa shape index (κ1) is 25.4. The topological polar surface area (TPSA) is 105 Å². The number of carbonyl (C=O) groups excluding carboxylic acids is 2. The zero-order valence-corrected chi connectivity index (χ0v) is 20.7. The summed E-state index contributed by atoms with van der Waals surface area (Å²) in [5.41, 5.74) is 2.13. The van der Waals surface area contributed by atoms with Crippen LogP contribution in [0.3, 0.4) is 0 Å². The van der Waals surface area contributed by atoms with Gasteiger partial charge in [0.25, 0.3) is 0 Å². The van der Waals surface area contributed by atoms with Crippen molar-refractivity contribution in [2.75, 3.05) is 37.4 Å². The molecule has 10 heteroatoms. The van der Waals surface area contributed by atoms with Crippen LogP contribution < -0.4 is 19.1 Å². The molecule has 0 saturated heterocycles. The number of rotatable bonds is 9. The van der Waals surface area contributed by atoms with Crippen molar-refractivity contribution in [1.29, 1.82) is 0 Å². The number of fused-ring (bicyclic) bond motifs is 1. The van der Waals surface area contributed by atoms with Gasteiger partial charge in [-0.3, -0.25) is 13.9 Å². The Labute approximate surface area is 200 Å². The quantitative estimate of drug-likeness (QED) is 0.578. The molecule has 3 rings (SSSR count). The molecular formula is C24H31N3O6S. The summed E-state index contributed by atoms with van der Waals surface area (Å²) >= 11 is 0. The van der Waals surface area contributed by atoms with Crippen LogP contribution in [0.15, 0.2) is 42.5 Å². The lowest BCUT2D eigenvalue weighted by molar-refractivity contribution is -0.140. The van der Waals surface area contributed by atoms with Crippen LogP contribution in [0.1, 0.15) is 24.5 Å². The van der Waals surface area contributed by atoms with Crippen molar-refractivity contribution in [3.8, 4) is 11.5 Å². The molecule has 1 atom stereocenters. The second kappa shape index (κ2) is 10.8. The van der Waals surface area contributed by atoms with Gasteiger partial charge in [0.15, 0.2) is 11.5 Å². The normalized spacial score (nSPS) is 13.6. The molecular weight excluding hydrogens is 458 g/mol. The van der Waals surface area contributed by atoms with E-state index >= 15 is 0 Å². The highest BCUT2D eigenvalue weighted by Gasteiger charge is 2.32. The van der Waals surface area contributed by atoms with Crippen molar-refractivity contribution in [3.63, 3.8) is 0 Å². The maximum absolute atomic E-state index is 13.6. The smallest absolute Gasteiger partial charge is 0.244 e. The maximum atomic E-state index is 13.6. The lowest BCUT2D eigenvalue weighted by Gasteiger charge is -2.33. The van der Waals surface area contributed by atoms with Gasteiger partial charge in [-0.15, -0.1) is 0 Å². The summed E-state index contributed by atoms with van der Waals surface area (Å²) in [6, 6.07) is 11.6. The maximum Gasteiger partial charge on any atom is 0.244 e. The number of hydrogen-bond acceptors (Lipinski definition) is 6. The fraction of sp³-hybridized carbons (Fsp3) is 0.417. The fourth-order valence-corrected chi connectivity index (χ4v) is 4.70. The lowest BCUT2D eigenvalue weighted by atomic mass is 10.1. The van der Waals surface area contributed by atoms with Crippen molar-refractivity contribution in [3.05, 3.63) is 53.6 Å². The second-order valence-corrected chi connectivity index (χ2v) is 9.99. The van der Waals surface area contributed by atoms with Gasteiger partial charge in [0, 0.05) is 19.7 Å². The summed E-state index contributed by atoms with van der Waals surface area (Å²) in [7, 11) is -2.31. The van der Waals surface area contributed by atoms with Gasteiger partial charge in [-0.1, -0.05) is 31.2 Å². The van der Waals surface area contributed by atoms with Crippen molar-refractivity contribution < 1.29 is 27.5 Å². The summed E-state index contributed by atoms with van der Waals surface area (Å²) in [6.07, 6.45) is 1.42. The number of amides is 2. The van der Waals surface area contributed by atoms with Crippen LogP contribution in [-0.4, -0.2) is 64.2 Å². The molecule has 1 aliphatic rings. The zero-order valence-electron chi connectivity index (χ0n) is 19.9. The summed E-state index contributed by atoms with van der Waals surface area (Å²) in [5, 5.41) is 2.61. The largest absolute Gasteiger partial charge is 0.486 e. The van der Waals surface area contributed by atoms with E-state index in [4.69, 9.17) is 9.47 Å². The van der Waals surface area contributed by atoms with Crippen molar-refractivity contribution in [2.24, 2.45) is 0 Å². The number of ether oxygens (including phenoxy) is 2. The SMILES string of the molecule is CC[C@H](C(=O)NC)N(Cc1ccccc1C)C(=O)CN(c1ccc2c(c1)OCCO2)S(C)(=O)=O. The van der Waals surface area contributed by atoms with Crippen LogP contribution in [0.2, 0.25) is 0 Å². The Balaban J connectivity index is 1.96. The van der Waals surface area contributed by atoms with E-state index in [-0.39, 0.29) is 18.1 Å². The molecule has 2 aromatic rings. The molecule has 0 bridgehead atoms. The average molecular weight is 490 g/mol. The molecule has 34 heavy (non-hydrogen) atoms. The number of aryl methyl sites for hydroxylation is 1. The Morgan fingerprint density at radius 1 is 1.09 bits per heavy atom. The van der Waals surface area contributed by atoms with E-state index in [1.165, 1.54) is 11.9 Å². The molecule has 2 aromatic carbocycles. The number of nitrogens with zero attached hydrogens (tertiary/aromatic N) is 2. The first-order valence-electron chi connectivity index (χ1n) is 11.1. The fourth-order valence-electron chi connectivity index (χ4n) is 3.86. The number of likely N-dealkylation sites (N-methyl/N-ethyl adjacent to an activating group) is 1. The van der Waals surface area contributed by atoms with Crippen LogP contribution >= 0.6 is 0 Å². The van der Waals surface area contributed by atoms with Crippen molar-refractivity contribution in [2.45, 2.75) is 32.9 Å². The van der Waals surface area contributed by atoms with Gasteiger partial charge in [0.05, 0.1) is 11.9 Å². The Hall–Kier alpha value is -3.27. The second-order valence-electron chi connectivity index (χ2n) is 8.08. The highest BCUT2D eigenvalue weighted by molar-refractivity contribution is 7.92. The molecule has 0 radical (unpaired) electrons. The molecule has 1 heterocycles. The Morgan fingerprint density at radius 3 is 2.38 bits per heavy atom. The Bertz CT molecular complexity index is 1150. The third kappa shape index (κ3) is 5.80. The minimum atomic E-state index is -3.82. The van der Waals surface area contributed by atoms with Crippen LogP contribution in [0, 0.1) is 6.92 Å². The molecule has 2 amide bonds. The zero-order chi connectivity index (χ0) is 24.9. The van der Waals surface area contributed by atoms with Gasteiger partial charge in [-0.2, -0.15) is 0 Å². The molecule has 0 saturated carbocycles. The van der Waals surface area contributed by atoms with Crippen LogP contribution in [-0.2, 0) is 26.2 Å². The van der Waals surface area contributed by atoms with Gasteiger partial charge < -0.3 is 19.7 Å². The van der Waals surface area contributed by atoms with E-state index in [1.54, 1.807) is 18.2 Å². The average Bonchev–Trinajstić information content (AvgIpc) is 2.82. The number of anilines is 1. The monoisotopic (exact) mass is 489 g/mol. The Kier molecular flexibility index (Phi) is 8.03. The van der Waals surface area contributed by atoms with E-state index in [0.29, 0.717) is 31.1 Å². The minimum Gasteiger partial charge on any atom is -0.486 e. The summed E-state index contributed by atoms with van der Waals surface area (Å²) < 4.78 is 37.5. The van der Waals surface area contributed by atoms with Gasteiger partial charge in [0.2, 0.25) is 21.8 Å². The van der Waals surface area contributed by atoms with E-state index in [0.717, 1.165) is 21.7 Å². The van der Waals surface area contributed by atoms with Crippen LogP contribution in [0.5, 0.6) is 11.5 Å². The molecule has 1 aliphatic heterocycles. The summed E-state index contributed by atoms with van der Waals surface area (Å²) in [4.78, 5) is 27.6. The third-order valence-corrected chi connectivity index (χ3v) is 6.87. The molecule has 184 valence electrons. The molecule has 0 unspecified atom stereocenters. The molecule has 0 aliphatic carbocycles. The first-order valence-corrected chi connectivity index (χ1v) is 12.9. The van der Waals surface area contributed by atoms with Crippen LogP contribution in [0.4, 0.5) is 5.69 Å². The number of nitrogens with one attached hydrogen (secondary N) is 1. The highest BCUT2D eigenvalue weighted by Crippen LogP contribution is 2.34. The van der Waals surface area contributed by atoms with E-state index < -0.39 is 28.5 Å². The highest BCUT2D eigenvalue weighted by atomic mass is 32.2. The summed E-state index contributed by atoms with van der Waals surface area (Å²) in [6.45, 7) is 4.22. The molecule has 0 aromatic heterocycles. The third-order valence-electron chi connectivity index (χ3n) is 5.73. The molecule has 0 spiro atoms. The predicted octanol–water partition coefficient (Wildman–Crippen LogP) is 2.09. The van der Waals surface area contributed by atoms with Gasteiger partial charge in [0.1, 0.15) is 25.8 Å². The molecule has 1 N–H and O–H groups in total. The van der Waals surface area contributed by atoms with E-state index in [9.17, 15) is 18.0 Å². The minimum absolute atomic E-state index is 0.177. The lowest BCUT2D eigenvalue weighted by Crippen LogP contribution is -2.51. The number of sulfonamides is 1. The van der Waals surface area contributed by atoms with Crippen molar-refractivity contribution in [1.82, 2.24) is 10.2 Å². The van der Waals surface area contributed by atoms with Gasteiger partial charge in [-0.05, 0) is 36.6 Å². The van der Waals surface area contributed by atoms with Crippen LogP contribution in [0.25, 0.3) is 0 Å². The molecule has 0 fully saturated rings. The van der Waals surface area contributed by atoms with E-state index in [1.807, 2.05) is 38.1 Å². The molecule has 9 nitrogen and oxygen atoms in total.